The van der Waals surface area contributed by atoms with Gasteiger partial charge in [-0.2, -0.15) is 0 Å². The molecule has 0 aromatic heterocycles. The normalized spacial score (nSPS) is 14.1. The molecule has 6 nitrogen and oxygen atoms in total. The van der Waals surface area contributed by atoms with Crippen molar-refractivity contribution in [2.45, 2.75) is 19.3 Å². The van der Waals surface area contributed by atoms with E-state index < -0.39 is 0 Å². The molecule has 1 aliphatic rings. The third-order valence-electron chi connectivity index (χ3n) is 4.45. The molecule has 0 saturated carbocycles. The van der Waals surface area contributed by atoms with Crippen LogP contribution >= 0.6 is 0 Å². The van der Waals surface area contributed by atoms with E-state index in [1.165, 1.54) is 5.56 Å². The molecule has 144 valence electrons. The largest absolute Gasteiger partial charge is 0.454 e. The maximum absolute atomic E-state index is 9.69. The fourth-order valence-corrected chi connectivity index (χ4v) is 2.96. The SMILES string of the molecule is CCNC(=NCC(CO)c1ccccc1)NCCc1ccc2c(c1)OCO2. The van der Waals surface area contributed by atoms with Crippen molar-refractivity contribution in [3.8, 4) is 11.5 Å². The third-order valence-corrected chi connectivity index (χ3v) is 4.45. The van der Waals surface area contributed by atoms with Crippen LogP contribution in [0.4, 0.5) is 0 Å². The van der Waals surface area contributed by atoms with Gasteiger partial charge in [-0.1, -0.05) is 36.4 Å². The molecule has 3 rings (SSSR count). The standard InChI is InChI=1S/C21H27N3O3/c1-2-22-21(24-13-18(14-25)17-6-4-3-5-7-17)23-11-10-16-8-9-19-20(12-16)27-15-26-19/h3-9,12,18,25H,2,10-11,13-15H2,1H3,(H2,22,23,24). The van der Waals surface area contributed by atoms with Gasteiger partial charge < -0.3 is 25.2 Å². The van der Waals surface area contributed by atoms with Crippen LogP contribution in [0.3, 0.4) is 0 Å². The van der Waals surface area contributed by atoms with Crippen LogP contribution in [0, 0.1) is 0 Å². The number of aliphatic hydroxyl groups excluding tert-OH is 1. The summed E-state index contributed by atoms with van der Waals surface area (Å²) in [7, 11) is 0. The number of aliphatic hydroxyl groups is 1. The van der Waals surface area contributed by atoms with E-state index in [1.54, 1.807) is 0 Å². The molecule has 1 atom stereocenters. The predicted octanol–water partition coefficient (Wildman–Crippen LogP) is 2.29. The van der Waals surface area contributed by atoms with Gasteiger partial charge in [0.15, 0.2) is 17.5 Å². The van der Waals surface area contributed by atoms with Gasteiger partial charge in [-0.3, -0.25) is 4.99 Å². The summed E-state index contributed by atoms with van der Waals surface area (Å²) in [4.78, 5) is 4.64. The Morgan fingerprint density at radius 2 is 1.93 bits per heavy atom. The highest BCUT2D eigenvalue weighted by Crippen LogP contribution is 2.32. The maximum Gasteiger partial charge on any atom is 0.231 e. The quantitative estimate of drug-likeness (QED) is 0.492. The topological polar surface area (TPSA) is 75.1 Å². The second-order valence-corrected chi connectivity index (χ2v) is 6.37. The summed E-state index contributed by atoms with van der Waals surface area (Å²) in [6, 6.07) is 16.0. The molecule has 2 aromatic rings. The first-order chi connectivity index (χ1) is 13.3. The van der Waals surface area contributed by atoms with Crippen LogP contribution in [-0.2, 0) is 6.42 Å². The van der Waals surface area contributed by atoms with Gasteiger partial charge in [-0.15, -0.1) is 0 Å². The van der Waals surface area contributed by atoms with E-state index >= 15 is 0 Å². The van der Waals surface area contributed by atoms with Gasteiger partial charge in [0.05, 0.1) is 13.2 Å². The second kappa shape index (κ2) is 9.83. The molecule has 1 unspecified atom stereocenters. The zero-order valence-corrected chi connectivity index (χ0v) is 15.6. The lowest BCUT2D eigenvalue weighted by Gasteiger charge is -2.15. The molecule has 0 spiro atoms. The smallest absolute Gasteiger partial charge is 0.231 e. The monoisotopic (exact) mass is 369 g/mol. The van der Waals surface area contributed by atoms with Crippen LogP contribution in [0.1, 0.15) is 24.0 Å². The van der Waals surface area contributed by atoms with Gasteiger partial charge in [-0.05, 0) is 36.6 Å². The van der Waals surface area contributed by atoms with Crippen molar-refractivity contribution >= 4 is 5.96 Å². The van der Waals surface area contributed by atoms with E-state index in [0.29, 0.717) is 13.3 Å². The summed E-state index contributed by atoms with van der Waals surface area (Å²) in [5.74, 6) is 2.36. The van der Waals surface area contributed by atoms with Crippen molar-refractivity contribution in [3.63, 3.8) is 0 Å². The minimum atomic E-state index is -0.00415. The highest BCUT2D eigenvalue weighted by atomic mass is 16.7. The Morgan fingerprint density at radius 3 is 2.70 bits per heavy atom. The van der Waals surface area contributed by atoms with Crippen molar-refractivity contribution in [1.29, 1.82) is 0 Å². The number of hydrogen-bond acceptors (Lipinski definition) is 4. The van der Waals surface area contributed by atoms with Crippen LogP contribution < -0.4 is 20.1 Å². The lowest BCUT2D eigenvalue weighted by atomic mass is 10.0. The molecule has 2 aromatic carbocycles. The van der Waals surface area contributed by atoms with Crippen LogP contribution in [0.2, 0.25) is 0 Å². The Balaban J connectivity index is 1.54. The lowest BCUT2D eigenvalue weighted by molar-refractivity contribution is 0.174. The molecule has 3 N–H and O–H groups in total. The molecule has 0 amide bonds. The number of nitrogens with zero attached hydrogens (tertiary/aromatic N) is 1. The van der Waals surface area contributed by atoms with E-state index in [2.05, 4.69) is 21.7 Å². The number of hydrogen-bond donors (Lipinski definition) is 3. The first-order valence-electron chi connectivity index (χ1n) is 9.36. The second-order valence-electron chi connectivity index (χ2n) is 6.37. The highest BCUT2D eigenvalue weighted by molar-refractivity contribution is 5.79. The van der Waals surface area contributed by atoms with Crippen LogP contribution in [0.5, 0.6) is 11.5 Å². The van der Waals surface area contributed by atoms with Gasteiger partial charge in [0, 0.05) is 19.0 Å². The zero-order chi connectivity index (χ0) is 18.9. The fraction of sp³-hybridized carbons (Fsp3) is 0.381. The van der Waals surface area contributed by atoms with E-state index in [4.69, 9.17) is 9.47 Å². The van der Waals surface area contributed by atoms with Crippen molar-refractivity contribution in [2.24, 2.45) is 4.99 Å². The van der Waals surface area contributed by atoms with E-state index in [1.807, 2.05) is 49.4 Å². The van der Waals surface area contributed by atoms with Crippen LogP contribution in [-0.4, -0.2) is 44.1 Å². The number of guanidine groups is 1. The van der Waals surface area contributed by atoms with Crippen molar-refractivity contribution < 1.29 is 14.6 Å². The molecule has 0 saturated heterocycles. The Hall–Kier alpha value is -2.73. The van der Waals surface area contributed by atoms with Crippen molar-refractivity contribution in [3.05, 3.63) is 59.7 Å². The number of benzene rings is 2. The van der Waals surface area contributed by atoms with Gasteiger partial charge in [0.1, 0.15) is 0 Å². The summed E-state index contributed by atoms with van der Waals surface area (Å²) < 4.78 is 10.8. The summed E-state index contributed by atoms with van der Waals surface area (Å²) in [5.41, 5.74) is 2.28. The van der Waals surface area contributed by atoms with Crippen molar-refractivity contribution in [2.75, 3.05) is 33.0 Å². The van der Waals surface area contributed by atoms with E-state index in [0.717, 1.165) is 42.5 Å². The van der Waals surface area contributed by atoms with Crippen molar-refractivity contribution in [1.82, 2.24) is 10.6 Å². The Morgan fingerprint density at radius 1 is 1.11 bits per heavy atom. The average Bonchev–Trinajstić information content (AvgIpc) is 3.17. The minimum Gasteiger partial charge on any atom is -0.454 e. The van der Waals surface area contributed by atoms with E-state index in [9.17, 15) is 5.11 Å². The van der Waals surface area contributed by atoms with Gasteiger partial charge in [0.25, 0.3) is 0 Å². The molecule has 0 fully saturated rings. The molecule has 1 aliphatic heterocycles. The molecule has 0 radical (unpaired) electrons. The summed E-state index contributed by atoms with van der Waals surface area (Å²) in [5, 5.41) is 16.3. The maximum atomic E-state index is 9.69. The molecule has 6 heteroatoms. The molecular formula is C21H27N3O3. The number of rotatable bonds is 8. The fourth-order valence-electron chi connectivity index (χ4n) is 2.96. The summed E-state index contributed by atoms with van der Waals surface area (Å²) in [6.07, 6.45) is 0.850. The first-order valence-corrected chi connectivity index (χ1v) is 9.36. The first kappa shape index (κ1) is 19.0. The molecule has 27 heavy (non-hydrogen) atoms. The Labute approximate surface area is 160 Å². The summed E-state index contributed by atoms with van der Waals surface area (Å²) >= 11 is 0. The average molecular weight is 369 g/mol. The Bertz CT molecular complexity index is 750. The van der Waals surface area contributed by atoms with E-state index in [-0.39, 0.29) is 12.5 Å². The number of ether oxygens (including phenoxy) is 2. The third kappa shape index (κ3) is 5.37. The van der Waals surface area contributed by atoms with Crippen LogP contribution in [0.15, 0.2) is 53.5 Å². The molecule has 0 aliphatic carbocycles. The minimum absolute atomic E-state index is 0.00415. The lowest BCUT2D eigenvalue weighted by Crippen LogP contribution is -2.38. The molecular weight excluding hydrogens is 342 g/mol. The molecule has 1 heterocycles. The highest BCUT2D eigenvalue weighted by Gasteiger charge is 2.13. The Kier molecular flexibility index (Phi) is 6.93. The van der Waals surface area contributed by atoms with Gasteiger partial charge >= 0.3 is 0 Å². The summed E-state index contributed by atoms with van der Waals surface area (Å²) in [6.45, 7) is 4.47. The van der Waals surface area contributed by atoms with Crippen LogP contribution in [0.25, 0.3) is 0 Å². The number of nitrogens with one attached hydrogen (secondary N) is 2. The number of fused-ring (bicyclic) bond motifs is 1. The van der Waals surface area contributed by atoms with Gasteiger partial charge in [0.2, 0.25) is 6.79 Å². The predicted molar refractivity (Wildman–Crippen MR) is 107 cm³/mol. The zero-order valence-electron chi connectivity index (χ0n) is 15.6. The number of aliphatic imine (C=N–C) groups is 1. The van der Waals surface area contributed by atoms with Gasteiger partial charge in [-0.25, -0.2) is 0 Å². The molecule has 0 bridgehead atoms.